The molecule has 0 spiro atoms. The Morgan fingerprint density at radius 2 is 1.35 bits per heavy atom. The number of carbonyl (C=O) groups is 1. The monoisotopic (exact) mass is 306 g/mol. The molecule has 1 amide bonds. The van der Waals surface area contributed by atoms with Crippen molar-refractivity contribution in [2.75, 3.05) is 0 Å². The average Bonchev–Trinajstić information content (AvgIpc) is 2.49. The Morgan fingerprint density at radius 1 is 0.900 bits per heavy atom. The molecule has 0 bridgehead atoms. The number of carbonyl (C=O) groups excluding carboxylic acids is 1. The predicted molar refractivity (Wildman–Crippen MR) is 82.2 cm³/mol. The molecular formula is C15H12Cl2N2O. The van der Waals surface area contributed by atoms with Crippen molar-refractivity contribution in [3.8, 4) is 0 Å². The summed E-state index contributed by atoms with van der Waals surface area (Å²) in [7, 11) is 0. The molecule has 3 nitrogen and oxygen atoms in total. The molecular weight excluding hydrogens is 295 g/mol. The third-order valence-electron chi connectivity index (χ3n) is 2.57. The van der Waals surface area contributed by atoms with E-state index in [4.69, 9.17) is 23.2 Å². The molecule has 0 unspecified atom stereocenters. The van der Waals surface area contributed by atoms with E-state index < -0.39 is 10.7 Å². The second-order valence-electron chi connectivity index (χ2n) is 3.97. The van der Waals surface area contributed by atoms with Crippen LogP contribution in [0.25, 0.3) is 0 Å². The summed E-state index contributed by atoms with van der Waals surface area (Å²) < 4.78 is 0. The maximum Gasteiger partial charge on any atom is 0.273 e. The van der Waals surface area contributed by atoms with E-state index in [0.29, 0.717) is 5.71 Å². The molecule has 0 saturated heterocycles. The van der Waals surface area contributed by atoms with Crippen LogP contribution in [0.1, 0.15) is 11.1 Å². The summed E-state index contributed by atoms with van der Waals surface area (Å²) in [5, 5.41) is 4.13. The first kappa shape index (κ1) is 14.6. The lowest BCUT2D eigenvalue weighted by atomic mass is 10.0. The van der Waals surface area contributed by atoms with Crippen LogP contribution in [0.2, 0.25) is 0 Å². The number of rotatable bonds is 4. The van der Waals surface area contributed by atoms with Gasteiger partial charge in [-0.3, -0.25) is 4.79 Å². The number of halogens is 2. The highest BCUT2D eigenvalue weighted by Gasteiger charge is 2.12. The highest BCUT2D eigenvalue weighted by Crippen LogP contribution is 2.10. The van der Waals surface area contributed by atoms with Crippen LogP contribution in [0.3, 0.4) is 0 Å². The number of nitrogens with one attached hydrogen (secondary N) is 1. The van der Waals surface area contributed by atoms with Crippen molar-refractivity contribution in [3.63, 3.8) is 0 Å². The van der Waals surface area contributed by atoms with E-state index >= 15 is 0 Å². The number of nitrogens with zero attached hydrogens (tertiary/aromatic N) is 1. The van der Waals surface area contributed by atoms with E-state index in [1.807, 2.05) is 60.7 Å². The van der Waals surface area contributed by atoms with Crippen LogP contribution in [0.15, 0.2) is 65.8 Å². The summed E-state index contributed by atoms with van der Waals surface area (Å²) in [4.78, 5) is 10.3. The molecule has 5 heteroatoms. The predicted octanol–water partition coefficient (Wildman–Crippen LogP) is 3.36. The van der Waals surface area contributed by atoms with Crippen LogP contribution < -0.4 is 5.43 Å². The fourth-order valence-corrected chi connectivity index (χ4v) is 1.75. The van der Waals surface area contributed by atoms with Crippen LogP contribution in [0.4, 0.5) is 0 Å². The number of alkyl halides is 2. The number of hydrazone groups is 1. The molecule has 1 N–H and O–H groups in total. The molecule has 0 atom stereocenters. The first-order valence-corrected chi connectivity index (χ1v) is 6.82. The van der Waals surface area contributed by atoms with E-state index in [1.165, 1.54) is 0 Å². The van der Waals surface area contributed by atoms with E-state index in [0.717, 1.165) is 11.1 Å². The molecule has 102 valence electrons. The maximum absolute atomic E-state index is 11.4. The molecule has 0 radical (unpaired) electrons. The fraction of sp³-hybridized carbons (Fsp3) is 0.0667. The summed E-state index contributed by atoms with van der Waals surface area (Å²) in [5.41, 5.74) is 4.79. The fourth-order valence-electron chi connectivity index (χ4n) is 1.65. The molecule has 0 aliphatic rings. The second kappa shape index (κ2) is 7.08. The number of hydrogen-bond acceptors (Lipinski definition) is 2. The van der Waals surface area contributed by atoms with Gasteiger partial charge in [0.1, 0.15) is 0 Å². The van der Waals surface area contributed by atoms with Gasteiger partial charge in [-0.25, -0.2) is 5.43 Å². The second-order valence-corrected chi connectivity index (χ2v) is 5.07. The summed E-state index contributed by atoms with van der Waals surface area (Å²) in [6.45, 7) is 0. The van der Waals surface area contributed by atoms with Gasteiger partial charge in [0.25, 0.3) is 5.91 Å². The molecule has 0 aliphatic carbocycles. The van der Waals surface area contributed by atoms with Crippen LogP contribution in [-0.4, -0.2) is 16.5 Å². The summed E-state index contributed by atoms with van der Waals surface area (Å²) >= 11 is 11.0. The lowest BCUT2D eigenvalue weighted by Crippen LogP contribution is -2.25. The van der Waals surface area contributed by atoms with E-state index in [9.17, 15) is 4.79 Å². The third kappa shape index (κ3) is 3.83. The zero-order valence-corrected chi connectivity index (χ0v) is 12.0. The first-order valence-electron chi connectivity index (χ1n) is 5.95. The molecule has 0 aromatic heterocycles. The summed E-state index contributed by atoms with van der Waals surface area (Å²) in [6, 6.07) is 19.1. The van der Waals surface area contributed by atoms with Crippen molar-refractivity contribution in [1.82, 2.24) is 5.43 Å². The average molecular weight is 307 g/mol. The van der Waals surface area contributed by atoms with Crippen LogP contribution in [0, 0.1) is 0 Å². The minimum atomic E-state index is -1.15. The van der Waals surface area contributed by atoms with Crippen molar-refractivity contribution < 1.29 is 4.79 Å². The highest BCUT2D eigenvalue weighted by molar-refractivity contribution is 6.53. The molecule has 0 saturated carbocycles. The van der Waals surface area contributed by atoms with Gasteiger partial charge in [-0.1, -0.05) is 83.9 Å². The minimum absolute atomic E-state index is 0.558. The van der Waals surface area contributed by atoms with Gasteiger partial charge in [0.2, 0.25) is 0 Å². The largest absolute Gasteiger partial charge is 0.273 e. The van der Waals surface area contributed by atoms with Crippen LogP contribution in [-0.2, 0) is 4.79 Å². The Balaban J connectivity index is 2.35. The standard InChI is InChI=1S/C15H12Cl2N2O/c16-14(17)15(20)19-18-13(11-7-3-1-4-8-11)12-9-5-2-6-10-12/h1-10,14H,(H,19,20). The van der Waals surface area contributed by atoms with Gasteiger partial charge < -0.3 is 0 Å². The van der Waals surface area contributed by atoms with Gasteiger partial charge >= 0.3 is 0 Å². The Kier molecular flexibility index (Phi) is 5.16. The van der Waals surface area contributed by atoms with Crippen molar-refractivity contribution >= 4 is 34.8 Å². The third-order valence-corrected chi connectivity index (χ3v) is 2.97. The normalized spacial score (nSPS) is 10.2. The Morgan fingerprint density at radius 3 is 1.75 bits per heavy atom. The smallest absolute Gasteiger partial charge is 0.270 e. The van der Waals surface area contributed by atoms with Crippen molar-refractivity contribution in [1.29, 1.82) is 0 Å². The summed E-state index contributed by atoms with van der Waals surface area (Å²) in [5.74, 6) is -0.558. The topological polar surface area (TPSA) is 41.5 Å². The minimum Gasteiger partial charge on any atom is -0.270 e. The number of amides is 1. The van der Waals surface area contributed by atoms with Crippen molar-refractivity contribution in [2.45, 2.75) is 4.84 Å². The molecule has 2 aromatic rings. The maximum atomic E-state index is 11.4. The highest BCUT2D eigenvalue weighted by atomic mass is 35.5. The SMILES string of the molecule is O=C(NN=C(c1ccccc1)c1ccccc1)C(Cl)Cl. The van der Waals surface area contributed by atoms with Crippen molar-refractivity contribution in [2.24, 2.45) is 5.10 Å². The van der Waals surface area contributed by atoms with E-state index in [-0.39, 0.29) is 0 Å². The van der Waals surface area contributed by atoms with Crippen LogP contribution in [0.5, 0.6) is 0 Å². The quantitative estimate of drug-likeness (QED) is 0.525. The Hall–Kier alpha value is -1.84. The lowest BCUT2D eigenvalue weighted by Gasteiger charge is -2.08. The number of hydrogen-bond donors (Lipinski definition) is 1. The molecule has 2 aromatic carbocycles. The van der Waals surface area contributed by atoms with Crippen molar-refractivity contribution in [3.05, 3.63) is 71.8 Å². The zero-order chi connectivity index (χ0) is 14.4. The van der Waals surface area contributed by atoms with Crippen LogP contribution >= 0.6 is 23.2 Å². The molecule has 0 heterocycles. The summed E-state index contributed by atoms with van der Waals surface area (Å²) in [6.07, 6.45) is 0. The zero-order valence-electron chi connectivity index (χ0n) is 10.5. The molecule has 0 fully saturated rings. The molecule has 0 aliphatic heterocycles. The van der Waals surface area contributed by atoms with Gasteiger partial charge in [0.05, 0.1) is 5.71 Å². The molecule has 2 rings (SSSR count). The van der Waals surface area contributed by atoms with E-state index in [2.05, 4.69) is 10.5 Å². The first-order chi connectivity index (χ1) is 9.68. The van der Waals surface area contributed by atoms with Gasteiger partial charge in [-0.05, 0) is 0 Å². The van der Waals surface area contributed by atoms with E-state index in [1.54, 1.807) is 0 Å². The Labute approximate surface area is 127 Å². The van der Waals surface area contributed by atoms with Gasteiger partial charge in [-0.2, -0.15) is 5.10 Å². The van der Waals surface area contributed by atoms with Gasteiger partial charge in [0, 0.05) is 11.1 Å². The van der Waals surface area contributed by atoms with Gasteiger partial charge in [0.15, 0.2) is 4.84 Å². The molecule has 20 heavy (non-hydrogen) atoms. The van der Waals surface area contributed by atoms with Gasteiger partial charge in [-0.15, -0.1) is 0 Å². The number of benzene rings is 2. The Bertz CT molecular complexity index is 556. The lowest BCUT2D eigenvalue weighted by molar-refractivity contribution is -0.119.